The van der Waals surface area contributed by atoms with Crippen molar-refractivity contribution in [1.29, 1.82) is 0 Å². The molecule has 0 radical (unpaired) electrons. The van der Waals surface area contributed by atoms with Crippen molar-refractivity contribution < 1.29 is 13.9 Å². The number of benzene rings is 2. The van der Waals surface area contributed by atoms with Gasteiger partial charge in [-0.1, -0.05) is 23.7 Å². The highest BCUT2D eigenvalue weighted by Crippen LogP contribution is 2.26. The molecule has 3 heterocycles. The minimum absolute atomic E-state index is 0.0191. The van der Waals surface area contributed by atoms with E-state index in [9.17, 15) is 9.18 Å². The highest BCUT2D eigenvalue weighted by molar-refractivity contribution is 6.30. The van der Waals surface area contributed by atoms with Gasteiger partial charge in [-0.15, -0.1) is 0 Å². The Morgan fingerprint density at radius 3 is 2.80 bits per heavy atom. The molecule has 2 aromatic carbocycles. The van der Waals surface area contributed by atoms with Crippen molar-refractivity contribution in [3.63, 3.8) is 0 Å². The van der Waals surface area contributed by atoms with E-state index < -0.39 is 11.9 Å². The fourth-order valence-corrected chi connectivity index (χ4v) is 4.45. The predicted molar refractivity (Wildman–Crippen MR) is 131 cm³/mol. The number of aryl methyl sites for hydroxylation is 1. The minimum Gasteiger partial charge on any atom is -0.381 e. The number of carbonyl (C=O) groups is 1. The lowest BCUT2D eigenvalue weighted by molar-refractivity contribution is 0.0660. The summed E-state index contributed by atoms with van der Waals surface area (Å²) in [5.74, 6) is 0.401. The molecule has 1 fully saturated rings. The maximum absolute atomic E-state index is 14.2. The molecule has 180 valence electrons. The average molecular weight is 494 g/mol. The molecule has 9 heteroatoms. The van der Waals surface area contributed by atoms with Crippen LogP contribution in [0, 0.1) is 11.7 Å². The normalized spacial score (nSPS) is 15.3. The number of hydrogen-bond acceptors (Lipinski definition) is 5. The van der Waals surface area contributed by atoms with Crippen molar-refractivity contribution in [3.05, 3.63) is 88.3 Å². The van der Waals surface area contributed by atoms with Crippen LogP contribution in [-0.2, 0) is 18.2 Å². The second-order valence-electron chi connectivity index (χ2n) is 8.81. The summed E-state index contributed by atoms with van der Waals surface area (Å²) in [6, 6.07) is 10.9. The molecule has 1 atom stereocenters. The van der Waals surface area contributed by atoms with E-state index in [1.807, 2.05) is 6.07 Å². The van der Waals surface area contributed by atoms with Crippen LogP contribution in [0.1, 0.15) is 46.3 Å². The average Bonchev–Trinajstić information content (AvgIpc) is 3.30. The highest BCUT2D eigenvalue weighted by atomic mass is 35.5. The Kier molecular flexibility index (Phi) is 6.74. The van der Waals surface area contributed by atoms with Crippen LogP contribution in [0.25, 0.3) is 10.9 Å². The zero-order valence-electron chi connectivity index (χ0n) is 19.2. The maximum atomic E-state index is 14.2. The highest BCUT2D eigenvalue weighted by Gasteiger charge is 2.22. The number of aromatic nitrogens is 4. The molecule has 1 N–H and O–H groups in total. The third-order valence-electron chi connectivity index (χ3n) is 6.29. The molecule has 1 aliphatic rings. The first-order valence-electron chi connectivity index (χ1n) is 11.5. The maximum Gasteiger partial charge on any atom is 0.252 e. The lowest BCUT2D eigenvalue weighted by atomic mass is 9.96. The van der Waals surface area contributed by atoms with E-state index >= 15 is 0 Å². The molecule has 1 aliphatic heterocycles. The summed E-state index contributed by atoms with van der Waals surface area (Å²) < 4.78 is 21.3. The number of nitrogens with zero attached hydrogens (tertiary/aromatic N) is 4. The zero-order chi connectivity index (χ0) is 24.4. The van der Waals surface area contributed by atoms with E-state index in [1.165, 1.54) is 12.1 Å². The molecule has 0 bridgehead atoms. The van der Waals surface area contributed by atoms with E-state index in [-0.39, 0.29) is 10.9 Å². The van der Waals surface area contributed by atoms with Gasteiger partial charge in [0.05, 0.1) is 22.3 Å². The van der Waals surface area contributed by atoms with E-state index in [1.54, 1.807) is 48.4 Å². The van der Waals surface area contributed by atoms with Crippen LogP contribution in [0.5, 0.6) is 0 Å². The van der Waals surface area contributed by atoms with Gasteiger partial charge < -0.3 is 10.1 Å². The van der Waals surface area contributed by atoms with Crippen LogP contribution in [0.15, 0.2) is 54.9 Å². The van der Waals surface area contributed by atoms with Crippen LogP contribution >= 0.6 is 11.6 Å². The molecular formula is C26H25ClFN5O2. The van der Waals surface area contributed by atoms with Crippen molar-refractivity contribution in [2.24, 2.45) is 13.0 Å². The van der Waals surface area contributed by atoms with Gasteiger partial charge in [-0.05, 0) is 54.7 Å². The SMILES string of the molecule is Cn1ccc([C@H](NC(=O)c2ccc3cnc(CC4CCOCC4)nc3c2)c2ccc(Cl)c(F)c2)n1. The summed E-state index contributed by atoms with van der Waals surface area (Å²) in [5.41, 5.74) is 2.29. The fraction of sp³-hybridized carbons (Fsp3) is 0.308. The molecule has 0 spiro atoms. The van der Waals surface area contributed by atoms with Gasteiger partial charge >= 0.3 is 0 Å². The standard InChI is InChI=1S/C26H25ClFN5O2/c1-33-9-6-22(32-33)25(17-4-5-20(27)21(28)13-17)31-26(34)18-2-3-19-15-29-24(30-23(19)14-18)12-16-7-10-35-11-8-16/h2-6,9,13-16,25H,7-8,10-12H2,1H3,(H,31,34)/t25-/m1/s1. The number of amides is 1. The van der Waals surface area contributed by atoms with Crippen LogP contribution in [0.2, 0.25) is 5.02 Å². The summed E-state index contributed by atoms with van der Waals surface area (Å²) in [4.78, 5) is 22.5. The van der Waals surface area contributed by atoms with Crippen LogP contribution in [0.4, 0.5) is 4.39 Å². The molecule has 0 unspecified atom stereocenters. The van der Waals surface area contributed by atoms with E-state index in [0.717, 1.165) is 43.7 Å². The smallest absolute Gasteiger partial charge is 0.252 e. The topological polar surface area (TPSA) is 81.9 Å². The van der Waals surface area contributed by atoms with Gasteiger partial charge in [0.1, 0.15) is 11.6 Å². The largest absolute Gasteiger partial charge is 0.381 e. The van der Waals surface area contributed by atoms with Crippen molar-refractivity contribution in [2.75, 3.05) is 13.2 Å². The predicted octanol–water partition coefficient (Wildman–Crippen LogP) is 4.64. The molecule has 2 aromatic heterocycles. The second kappa shape index (κ2) is 10.1. The number of ether oxygens (including phenoxy) is 1. The van der Waals surface area contributed by atoms with Gasteiger partial charge in [-0.3, -0.25) is 9.48 Å². The third kappa shape index (κ3) is 5.33. The van der Waals surface area contributed by atoms with Crippen molar-refractivity contribution in [3.8, 4) is 0 Å². The van der Waals surface area contributed by atoms with Gasteiger partial charge in [0, 0.05) is 50.0 Å². The Labute approximate surface area is 207 Å². The number of hydrogen-bond donors (Lipinski definition) is 1. The molecule has 4 aromatic rings. The minimum atomic E-state index is -0.652. The zero-order valence-corrected chi connectivity index (χ0v) is 20.0. The number of nitrogens with one attached hydrogen (secondary N) is 1. The summed E-state index contributed by atoms with van der Waals surface area (Å²) in [7, 11) is 1.78. The van der Waals surface area contributed by atoms with Crippen molar-refractivity contribution >= 4 is 28.4 Å². The Bertz CT molecular complexity index is 1370. The van der Waals surface area contributed by atoms with Gasteiger partial charge in [-0.25, -0.2) is 14.4 Å². The van der Waals surface area contributed by atoms with Crippen LogP contribution in [-0.4, -0.2) is 38.9 Å². The molecule has 5 rings (SSSR count). The second-order valence-corrected chi connectivity index (χ2v) is 9.22. The first kappa shape index (κ1) is 23.4. The molecular weight excluding hydrogens is 469 g/mol. The monoisotopic (exact) mass is 493 g/mol. The molecule has 0 saturated carbocycles. The number of halogens is 2. The van der Waals surface area contributed by atoms with Crippen LogP contribution in [0.3, 0.4) is 0 Å². The molecule has 7 nitrogen and oxygen atoms in total. The van der Waals surface area contributed by atoms with E-state index in [2.05, 4.69) is 15.4 Å². The van der Waals surface area contributed by atoms with E-state index in [0.29, 0.717) is 28.3 Å². The number of rotatable bonds is 6. The Hall–Kier alpha value is -3.36. The lowest BCUT2D eigenvalue weighted by Gasteiger charge is -2.21. The van der Waals surface area contributed by atoms with Gasteiger partial charge in [0.25, 0.3) is 5.91 Å². The fourth-order valence-electron chi connectivity index (χ4n) is 4.33. The summed E-state index contributed by atoms with van der Waals surface area (Å²) in [5, 5.41) is 8.29. The van der Waals surface area contributed by atoms with E-state index in [4.69, 9.17) is 21.3 Å². The first-order chi connectivity index (χ1) is 17.0. The van der Waals surface area contributed by atoms with Gasteiger partial charge in [-0.2, -0.15) is 5.10 Å². The first-order valence-corrected chi connectivity index (χ1v) is 11.9. The summed E-state index contributed by atoms with van der Waals surface area (Å²) in [6.07, 6.45) is 6.37. The molecule has 1 saturated heterocycles. The Morgan fingerprint density at radius 2 is 2.06 bits per heavy atom. The number of fused-ring (bicyclic) bond motifs is 1. The van der Waals surface area contributed by atoms with Crippen LogP contribution < -0.4 is 5.32 Å². The Balaban J connectivity index is 1.41. The van der Waals surface area contributed by atoms with Crippen molar-refractivity contribution in [2.45, 2.75) is 25.3 Å². The quantitative estimate of drug-likeness (QED) is 0.423. The molecule has 1 amide bonds. The Morgan fingerprint density at radius 1 is 1.23 bits per heavy atom. The molecule has 35 heavy (non-hydrogen) atoms. The molecule has 0 aliphatic carbocycles. The summed E-state index contributed by atoms with van der Waals surface area (Å²) >= 11 is 5.87. The third-order valence-corrected chi connectivity index (χ3v) is 6.60. The lowest BCUT2D eigenvalue weighted by Crippen LogP contribution is -2.30. The number of carbonyl (C=O) groups excluding carboxylic acids is 1. The summed E-state index contributed by atoms with van der Waals surface area (Å²) in [6.45, 7) is 1.55. The van der Waals surface area contributed by atoms with Gasteiger partial charge in [0.2, 0.25) is 0 Å². The van der Waals surface area contributed by atoms with Crippen molar-refractivity contribution in [1.82, 2.24) is 25.1 Å². The van der Waals surface area contributed by atoms with Gasteiger partial charge in [0.15, 0.2) is 0 Å².